The summed E-state index contributed by atoms with van der Waals surface area (Å²) >= 11 is 3.41. The fraction of sp³-hybridized carbons (Fsp3) is 0.294. The molecular formula is C17H19BrFN. The smallest absolute Gasteiger partial charge is 0.124 e. The van der Waals surface area contributed by atoms with Crippen LogP contribution in [0.3, 0.4) is 0 Å². The zero-order valence-electron chi connectivity index (χ0n) is 11.6. The molecule has 1 atom stereocenters. The van der Waals surface area contributed by atoms with Crippen LogP contribution in [0.15, 0.2) is 53.0 Å². The third-order valence-corrected chi connectivity index (χ3v) is 3.97. The maximum absolute atomic E-state index is 13.2. The number of halogens is 2. The third kappa shape index (κ3) is 4.07. The van der Waals surface area contributed by atoms with Crippen molar-refractivity contribution in [2.75, 3.05) is 5.32 Å². The summed E-state index contributed by atoms with van der Waals surface area (Å²) in [5, 5.41) is 3.51. The Morgan fingerprint density at radius 1 is 1.15 bits per heavy atom. The maximum atomic E-state index is 13.2. The summed E-state index contributed by atoms with van der Waals surface area (Å²) in [6.07, 6.45) is 3.38. The van der Waals surface area contributed by atoms with Crippen molar-refractivity contribution in [3.05, 3.63) is 64.4 Å². The Balaban J connectivity index is 2.19. The first-order valence-electron chi connectivity index (χ1n) is 6.97. The molecular weight excluding hydrogens is 317 g/mol. The van der Waals surface area contributed by atoms with E-state index < -0.39 is 0 Å². The van der Waals surface area contributed by atoms with E-state index in [1.54, 1.807) is 6.07 Å². The molecule has 2 aromatic carbocycles. The second-order valence-corrected chi connectivity index (χ2v) is 5.73. The molecule has 0 fully saturated rings. The molecule has 0 radical (unpaired) electrons. The van der Waals surface area contributed by atoms with Gasteiger partial charge in [0.25, 0.3) is 0 Å². The Morgan fingerprint density at radius 3 is 2.55 bits per heavy atom. The van der Waals surface area contributed by atoms with E-state index >= 15 is 0 Å². The largest absolute Gasteiger partial charge is 0.377 e. The molecule has 0 spiro atoms. The van der Waals surface area contributed by atoms with Gasteiger partial charge in [-0.15, -0.1) is 0 Å². The third-order valence-electron chi connectivity index (χ3n) is 3.31. The Morgan fingerprint density at radius 2 is 1.90 bits per heavy atom. The summed E-state index contributed by atoms with van der Waals surface area (Å²) in [5.74, 6) is -0.229. The van der Waals surface area contributed by atoms with Crippen molar-refractivity contribution in [1.82, 2.24) is 0 Å². The molecule has 1 unspecified atom stereocenters. The molecule has 0 aliphatic carbocycles. The predicted octanol–water partition coefficient (Wildman–Crippen LogP) is 5.93. The second-order valence-electron chi connectivity index (χ2n) is 4.87. The van der Waals surface area contributed by atoms with Crippen LogP contribution in [0, 0.1) is 5.82 Å². The van der Waals surface area contributed by atoms with Crippen LogP contribution in [0.1, 0.15) is 37.8 Å². The number of anilines is 1. The van der Waals surface area contributed by atoms with Crippen molar-refractivity contribution in [3.63, 3.8) is 0 Å². The lowest BCUT2D eigenvalue weighted by Crippen LogP contribution is -2.11. The van der Waals surface area contributed by atoms with Gasteiger partial charge in [0.05, 0.1) is 6.04 Å². The molecule has 0 bridgehead atoms. The van der Waals surface area contributed by atoms with Gasteiger partial charge in [0, 0.05) is 10.2 Å². The van der Waals surface area contributed by atoms with Crippen molar-refractivity contribution < 1.29 is 4.39 Å². The summed E-state index contributed by atoms with van der Waals surface area (Å²) in [6, 6.07) is 15.4. The van der Waals surface area contributed by atoms with Gasteiger partial charge in [0.1, 0.15) is 5.82 Å². The van der Waals surface area contributed by atoms with Crippen LogP contribution in [0.2, 0.25) is 0 Å². The highest BCUT2D eigenvalue weighted by Gasteiger charge is 2.12. The number of nitrogens with one attached hydrogen (secondary N) is 1. The number of unbranched alkanes of at least 4 members (excludes halogenated alkanes) is 1. The lowest BCUT2D eigenvalue weighted by atomic mass is 10.0. The number of benzene rings is 2. The molecule has 0 amide bonds. The Kier molecular flexibility index (Phi) is 5.60. The van der Waals surface area contributed by atoms with E-state index in [0.717, 1.165) is 29.4 Å². The highest BCUT2D eigenvalue weighted by Crippen LogP contribution is 2.29. The minimum absolute atomic E-state index is 0.229. The molecule has 2 aromatic rings. The van der Waals surface area contributed by atoms with Crippen molar-refractivity contribution in [2.45, 2.75) is 32.2 Å². The molecule has 1 N–H and O–H groups in total. The zero-order valence-corrected chi connectivity index (χ0v) is 13.2. The molecule has 1 nitrogen and oxygen atoms in total. The topological polar surface area (TPSA) is 12.0 Å². The highest BCUT2D eigenvalue weighted by molar-refractivity contribution is 9.10. The van der Waals surface area contributed by atoms with E-state index in [0.29, 0.717) is 0 Å². The van der Waals surface area contributed by atoms with E-state index in [1.165, 1.54) is 17.7 Å². The molecule has 0 aliphatic heterocycles. The molecule has 0 saturated heterocycles. The first-order valence-corrected chi connectivity index (χ1v) is 7.76. The predicted molar refractivity (Wildman–Crippen MR) is 86.4 cm³/mol. The minimum atomic E-state index is -0.229. The van der Waals surface area contributed by atoms with Crippen molar-refractivity contribution in [2.24, 2.45) is 0 Å². The fourth-order valence-electron chi connectivity index (χ4n) is 2.21. The highest BCUT2D eigenvalue weighted by atomic mass is 79.9. The fourth-order valence-corrected chi connectivity index (χ4v) is 2.68. The van der Waals surface area contributed by atoms with Crippen LogP contribution in [-0.4, -0.2) is 0 Å². The van der Waals surface area contributed by atoms with Gasteiger partial charge in [0.15, 0.2) is 0 Å². The molecule has 106 valence electrons. The number of hydrogen-bond acceptors (Lipinski definition) is 1. The molecule has 2 rings (SSSR count). The van der Waals surface area contributed by atoms with Gasteiger partial charge in [-0.2, -0.15) is 0 Å². The normalized spacial score (nSPS) is 12.2. The van der Waals surface area contributed by atoms with E-state index in [4.69, 9.17) is 0 Å². The zero-order chi connectivity index (χ0) is 14.4. The van der Waals surface area contributed by atoms with Gasteiger partial charge in [-0.25, -0.2) is 4.39 Å². The molecule has 20 heavy (non-hydrogen) atoms. The van der Waals surface area contributed by atoms with E-state index in [9.17, 15) is 4.39 Å². The lowest BCUT2D eigenvalue weighted by molar-refractivity contribution is 0.623. The van der Waals surface area contributed by atoms with Gasteiger partial charge in [0.2, 0.25) is 0 Å². The Labute approximate surface area is 128 Å². The summed E-state index contributed by atoms with van der Waals surface area (Å²) in [6.45, 7) is 2.19. The van der Waals surface area contributed by atoms with Crippen LogP contribution >= 0.6 is 15.9 Å². The van der Waals surface area contributed by atoms with Crippen LogP contribution in [0.25, 0.3) is 0 Å². The summed E-state index contributed by atoms with van der Waals surface area (Å²) < 4.78 is 13.9. The van der Waals surface area contributed by atoms with Gasteiger partial charge in [-0.3, -0.25) is 0 Å². The van der Waals surface area contributed by atoms with Gasteiger partial charge >= 0.3 is 0 Å². The molecule has 0 heterocycles. The second kappa shape index (κ2) is 7.44. The van der Waals surface area contributed by atoms with Gasteiger partial charge < -0.3 is 5.32 Å². The summed E-state index contributed by atoms with van der Waals surface area (Å²) in [7, 11) is 0. The quantitative estimate of drug-likeness (QED) is 0.689. The van der Waals surface area contributed by atoms with Crippen LogP contribution in [0.5, 0.6) is 0 Å². The first-order chi connectivity index (χ1) is 9.70. The molecule has 0 aromatic heterocycles. The average Bonchev–Trinajstić information content (AvgIpc) is 2.46. The van der Waals surface area contributed by atoms with Crippen molar-refractivity contribution >= 4 is 21.6 Å². The van der Waals surface area contributed by atoms with E-state index in [-0.39, 0.29) is 11.9 Å². The summed E-state index contributed by atoms with van der Waals surface area (Å²) in [5.41, 5.74) is 2.19. The van der Waals surface area contributed by atoms with Crippen molar-refractivity contribution in [1.29, 1.82) is 0 Å². The maximum Gasteiger partial charge on any atom is 0.124 e. The van der Waals surface area contributed by atoms with Gasteiger partial charge in [-0.05, 0) is 46.1 Å². The van der Waals surface area contributed by atoms with Crippen LogP contribution in [-0.2, 0) is 0 Å². The minimum Gasteiger partial charge on any atom is -0.377 e. The SMILES string of the molecule is CCCCC(Nc1ccc(F)cc1Br)c1ccccc1. The molecule has 0 saturated carbocycles. The monoisotopic (exact) mass is 335 g/mol. The number of hydrogen-bond donors (Lipinski definition) is 1. The van der Waals surface area contributed by atoms with Gasteiger partial charge in [-0.1, -0.05) is 50.1 Å². The van der Waals surface area contributed by atoms with E-state index in [2.05, 4.69) is 52.4 Å². The average molecular weight is 336 g/mol. The lowest BCUT2D eigenvalue weighted by Gasteiger charge is -2.21. The van der Waals surface area contributed by atoms with Crippen LogP contribution in [0.4, 0.5) is 10.1 Å². The van der Waals surface area contributed by atoms with Crippen LogP contribution < -0.4 is 5.32 Å². The Bertz CT molecular complexity index is 542. The standard InChI is InChI=1S/C17H19BrFN/c1-2-3-9-16(13-7-5-4-6-8-13)20-17-11-10-14(19)12-15(17)18/h4-8,10-12,16,20H,2-3,9H2,1H3. The molecule has 0 aliphatic rings. The number of rotatable bonds is 6. The van der Waals surface area contributed by atoms with E-state index in [1.807, 2.05) is 6.07 Å². The van der Waals surface area contributed by atoms with Crippen molar-refractivity contribution in [3.8, 4) is 0 Å². The summed E-state index contributed by atoms with van der Waals surface area (Å²) in [4.78, 5) is 0. The Hall–Kier alpha value is -1.35. The molecule has 3 heteroatoms. The first kappa shape index (κ1) is 15.0.